The predicted molar refractivity (Wildman–Crippen MR) is 91.0 cm³/mol. The van der Waals surface area contributed by atoms with Gasteiger partial charge in [0, 0.05) is 12.0 Å². The van der Waals surface area contributed by atoms with Crippen LogP contribution in [0.4, 0.5) is 5.82 Å². The van der Waals surface area contributed by atoms with Crippen molar-refractivity contribution >= 4 is 11.7 Å². The van der Waals surface area contributed by atoms with Crippen LogP contribution in [0, 0.1) is 0 Å². The lowest BCUT2D eigenvalue weighted by Crippen LogP contribution is -2.21. The molecule has 3 rings (SSSR count). The second kappa shape index (κ2) is 7.36. The van der Waals surface area contributed by atoms with Crippen molar-refractivity contribution < 1.29 is 9.78 Å². The molecule has 2 N–H and O–H groups in total. The van der Waals surface area contributed by atoms with Crippen LogP contribution in [0.2, 0.25) is 0 Å². The first-order valence-corrected chi connectivity index (χ1v) is 7.69. The SMILES string of the molecule is O=C(CC(c1ccccc1)c1ccccc1)Nc1cccc[nH+]1. The van der Waals surface area contributed by atoms with Crippen molar-refractivity contribution in [2.24, 2.45) is 0 Å². The number of amides is 1. The third-order valence-corrected chi connectivity index (χ3v) is 3.78. The summed E-state index contributed by atoms with van der Waals surface area (Å²) >= 11 is 0. The molecule has 0 bridgehead atoms. The molecular weight excluding hydrogens is 284 g/mol. The highest BCUT2D eigenvalue weighted by Gasteiger charge is 2.20. The summed E-state index contributed by atoms with van der Waals surface area (Å²) in [6.45, 7) is 0. The highest BCUT2D eigenvalue weighted by Crippen LogP contribution is 2.28. The Morgan fingerprint density at radius 3 is 1.91 bits per heavy atom. The third kappa shape index (κ3) is 4.04. The molecule has 0 unspecified atom stereocenters. The Kier molecular flexibility index (Phi) is 4.79. The minimum absolute atomic E-state index is 0.00911. The molecule has 0 atom stereocenters. The predicted octanol–water partition coefficient (Wildman–Crippen LogP) is 3.66. The smallest absolute Gasteiger partial charge is 0.247 e. The Hall–Kier alpha value is -2.94. The zero-order valence-electron chi connectivity index (χ0n) is 12.8. The highest BCUT2D eigenvalue weighted by atomic mass is 16.1. The molecule has 0 aliphatic carbocycles. The van der Waals surface area contributed by atoms with Crippen molar-refractivity contribution in [3.63, 3.8) is 0 Å². The number of benzene rings is 2. The Balaban J connectivity index is 1.81. The van der Waals surface area contributed by atoms with E-state index in [0.717, 1.165) is 11.1 Å². The van der Waals surface area contributed by atoms with Crippen LogP contribution in [0.1, 0.15) is 23.5 Å². The van der Waals surface area contributed by atoms with E-state index in [9.17, 15) is 4.79 Å². The second-order valence-corrected chi connectivity index (χ2v) is 5.40. The first-order valence-electron chi connectivity index (χ1n) is 7.69. The van der Waals surface area contributed by atoms with Crippen molar-refractivity contribution in [1.82, 2.24) is 0 Å². The second-order valence-electron chi connectivity index (χ2n) is 5.40. The van der Waals surface area contributed by atoms with Crippen LogP contribution < -0.4 is 10.3 Å². The van der Waals surface area contributed by atoms with Crippen molar-refractivity contribution in [2.75, 3.05) is 5.32 Å². The standard InChI is InChI=1S/C20H18N2O/c23-20(22-19-13-7-8-14-21-19)15-18(16-9-3-1-4-10-16)17-11-5-2-6-12-17/h1-14,18H,15H2,(H,21,22,23)/p+1. The highest BCUT2D eigenvalue weighted by molar-refractivity contribution is 5.90. The molecule has 1 amide bonds. The van der Waals surface area contributed by atoms with E-state index in [4.69, 9.17) is 0 Å². The van der Waals surface area contributed by atoms with Crippen LogP contribution >= 0.6 is 0 Å². The largest absolute Gasteiger partial charge is 0.308 e. The maximum Gasteiger partial charge on any atom is 0.308 e. The van der Waals surface area contributed by atoms with Crippen molar-refractivity contribution in [3.8, 4) is 0 Å². The molecule has 0 fully saturated rings. The van der Waals surface area contributed by atoms with Gasteiger partial charge in [-0.2, -0.15) is 0 Å². The minimum atomic E-state index is -0.00911. The van der Waals surface area contributed by atoms with Crippen LogP contribution in [-0.2, 0) is 4.79 Å². The number of nitrogens with one attached hydrogen (secondary N) is 2. The third-order valence-electron chi connectivity index (χ3n) is 3.78. The van der Waals surface area contributed by atoms with Gasteiger partial charge in [0.25, 0.3) is 5.82 Å². The van der Waals surface area contributed by atoms with Gasteiger partial charge < -0.3 is 0 Å². The fraction of sp³-hybridized carbons (Fsp3) is 0.100. The van der Waals surface area contributed by atoms with Gasteiger partial charge in [-0.3, -0.25) is 0 Å². The first-order chi connectivity index (χ1) is 11.3. The molecule has 2 aromatic carbocycles. The number of carbonyl (C=O) groups is 1. The topological polar surface area (TPSA) is 43.2 Å². The monoisotopic (exact) mass is 303 g/mol. The molecular formula is C20H19N2O+. The minimum Gasteiger partial charge on any atom is -0.247 e. The van der Waals surface area contributed by atoms with E-state index >= 15 is 0 Å². The molecule has 1 aromatic heterocycles. The lowest BCUT2D eigenvalue weighted by atomic mass is 9.88. The van der Waals surface area contributed by atoms with Gasteiger partial charge in [-0.15, -0.1) is 0 Å². The number of hydrogen-bond donors (Lipinski definition) is 1. The van der Waals surface area contributed by atoms with E-state index in [-0.39, 0.29) is 11.8 Å². The Morgan fingerprint density at radius 1 is 0.826 bits per heavy atom. The summed E-state index contributed by atoms with van der Waals surface area (Å²) in [6, 6.07) is 25.9. The van der Waals surface area contributed by atoms with Crippen molar-refractivity contribution in [2.45, 2.75) is 12.3 Å². The van der Waals surface area contributed by atoms with E-state index in [1.807, 2.05) is 54.6 Å². The Bertz CT molecular complexity index is 703. The summed E-state index contributed by atoms with van der Waals surface area (Å²) in [6.07, 6.45) is 2.19. The summed E-state index contributed by atoms with van der Waals surface area (Å²) in [5.74, 6) is 0.739. The van der Waals surface area contributed by atoms with Crippen molar-refractivity contribution in [1.29, 1.82) is 0 Å². The van der Waals surface area contributed by atoms with Gasteiger partial charge in [-0.05, 0) is 17.2 Å². The molecule has 23 heavy (non-hydrogen) atoms. The van der Waals surface area contributed by atoms with E-state index in [1.165, 1.54) is 0 Å². The van der Waals surface area contributed by atoms with Crippen LogP contribution in [0.25, 0.3) is 0 Å². The fourth-order valence-electron chi connectivity index (χ4n) is 2.66. The zero-order chi connectivity index (χ0) is 15.9. The number of anilines is 1. The average Bonchev–Trinajstić information content (AvgIpc) is 2.62. The van der Waals surface area contributed by atoms with Gasteiger partial charge >= 0.3 is 5.91 Å². The van der Waals surface area contributed by atoms with Gasteiger partial charge in [-0.25, -0.2) is 15.1 Å². The first kappa shape index (κ1) is 15.0. The molecule has 114 valence electrons. The van der Waals surface area contributed by atoms with Gasteiger partial charge in [-0.1, -0.05) is 66.7 Å². The molecule has 0 spiro atoms. The van der Waals surface area contributed by atoms with E-state index < -0.39 is 0 Å². The molecule has 3 nitrogen and oxygen atoms in total. The van der Waals surface area contributed by atoms with Gasteiger partial charge in [0.1, 0.15) is 0 Å². The summed E-state index contributed by atoms with van der Waals surface area (Å²) in [4.78, 5) is 15.5. The molecule has 1 heterocycles. The number of aromatic nitrogens is 1. The Labute approximate surface area is 136 Å². The molecule has 3 heteroatoms. The number of H-pyrrole nitrogens is 1. The maximum absolute atomic E-state index is 12.4. The number of pyridine rings is 1. The lowest BCUT2D eigenvalue weighted by Gasteiger charge is -2.16. The molecule has 0 aliphatic rings. The summed E-state index contributed by atoms with van der Waals surface area (Å²) in [5, 5.41) is 2.92. The number of aromatic amines is 1. The zero-order valence-corrected chi connectivity index (χ0v) is 12.8. The summed E-state index contributed by atoms with van der Waals surface area (Å²) in [7, 11) is 0. The number of rotatable bonds is 5. The average molecular weight is 303 g/mol. The lowest BCUT2D eigenvalue weighted by molar-refractivity contribution is -0.360. The molecule has 0 aliphatic heterocycles. The van der Waals surface area contributed by atoms with Crippen LogP contribution in [0.15, 0.2) is 85.1 Å². The number of hydrogen-bond acceptors (Lipinski definition) is 1. The fourth-order valence-corrected chi connectivity index (χ4v) is 2.66. The van der Waals surface area contributed by atoms with Crippen LogP contribution in [-0.4, -0.2) is 5.91 Å². The van der Waals surface area contributed by atoms with E-state index in [2.05, 4.69) is 34.6 Å². The van der Waals surface area contributed by atoms with Crippen LogP contribution in [0.5, 0.6) is 0 Å². The maximum atomic E-state index is 12.4. The molecule has 3 aromatic rings. The molecule has 0 radical (unpaired) electrons. The quantitative estimate of drug-likeness (QED) is 0.768. The molecule has 0 saturated heterocycles. The van der Waals surface area contributed by atoms with E-state index in [1.54, 1.807) is 6.20 Å². The molecule has 0 saturated carbocycles. The van der Waals surface area contributed by atoms with E-state index in [0.29, 0.717) is 12.2 Å². The van der Waals surface area contributed by atoms with Gasteiger partial charge in [0.05, 0.1) is 12.6 Å². The van der Waals surface area contributed by atoms with Crippen molar-refractivity contribution in [3.05, 3.63) is 96.2 Å². The van der Waals surface area contributed by atoms with Gasteiger partial charge in [0.2, 0.25) is 0 Å². The summed E-state index contributed by atoms with van der Waals surface area (Å²) < 4.78 is 0. The Morgan fingerprint density at radius 2 is 1.39 bits per heavy atom. The summed E-state index contributed by atoms with van der Waals surface area (Å²) in [5.41, 5.74) is 2.29. The van der Waals surface area contributed by atoms with Gasteiger partial charge in [0.15, 0.2) is 0 Å². The van der Waals surface area contributed by atoms with Crippen LogP contribution in [0.3, 0.4) is 0 Å². The normalized spacial score (nSPS) is 10.5. The number of carbonyl (C=O) groups excluding carboxylic acids is 1.